The Balaban J connectivity index is 2.16. The Hall–Kier alpha value is -1.69. The van der Waals surface area contributed by atoms with E-state index in [1.807, 2.05) is 13.0 Å². The summed E-state index contributed by atoms with van der Waals surface area (Å²) in [5.74, 6) is -1.35. The molecule has 1 aliphatic heterocycles. The lowest BCUT2D eigenvalue weighted by atomic mass is 9.83. The third-order valence-corrected chi connectivity index (χ3v) is 6.19. The molecule has 0 aliphatic carbocycles. The average Bonchev–Trinajstić information content (AvgIpc) is 3.05. The van der Waals surface area contributed by atoms with Crippen LogP contribution in [0.2, 0.25) is 0 Å². The summed E-state index contributed by atoms with van der Waals surface area (Å²) in [6.45, 7) is 5.75. The van der Waals surface area contributed by atoms with Gasteiger partial charge in [-0.3, -0.25) is 14.4 Å². The van der Waals surface area contributed by atoms with E-state index in [-0.39, 0.29) is 10.9 Å². The van der Waals surface area contributed by atoms with Crippen molar-refractivity contribution in [2.45, 2.75) is 64.8 Å². The first kappa shape index (κ1) is 21.6. The number of hydrogen-bond acceptors (Lipinski definition) is 3. The van der Waals surface area contributed by atoms with Gasteiger partial charge in [0.1, 0.15) is 11.4 Å². The molecule has 6 heteroatoms. The number of halogens is 1. The minimum Gasteiger partial charge on any atom is -0.322 e. The van der Waals surface area contributed by atoms with Crippen LogP contribution in [0.25, 0.3) is 0 Å². The minimum atomic E-state index is -1.05. The number of rotatable bonds is 8. The number of aryl methyl sites for hydroxylation is 1. The number of amides is 1. The zero-order chi connectivity index (χ0) is 20.2. The van der Waals surface area contributed by atoms with Crippen molar-refractivity contribution in [3.8, 4) is 0 Å². The number of thiol groups is 1. The predicted octanol–water partition coefficient (Wildman–Crippen LogP) is 3.97. The number of nitrogens with zero attached hydrogens (tertiary/aromatic N) is 1. The van der Waals surface area contributed by atoms with Crippen molar-refractivity contribution in [2.24, 2.45) is 5.41 Å². The summed E-state index contributed by atoms with van der Waals surface area (Å²) in [5.41, 5.74) is -0.963. The summed E-state index contributed by atoms with van der Waals surface area (Å²) < 4.78 is 13.3. The highest BCUT2D eigenvalue weighted by Crippen LogP contribution is 2.37. The molecule has 1 aromatic rings. The molecule has 2 rings (SSSR count). The van der Waals surface area contributed by atoms with Crippen LogP contribution in [0.4, 0.5) is 4.39 Å². The molecule has 0 unspecified atom stereocenters. The second-order valence-electron chi connectivity index (χ2n) is 7.95. The van der Waals surface area contributed by atoms with Gasteiger partial charge in [0.25, 0.3) is 5.91 Å². The molecule has 1 fully saturated rings. The quantitative estimate of drug-likeness (QED) is 0.537. The second-order valence-corrected chi connectivity index (χ2v) is 8.35. The number of carbonyl (C=O) groups is 3. The van der Waals surface area contributed by atoms with Crippen LogP contribution in [-0.4, -0.2) is 33.8 Å². The van der Waals surface area contributed by atoms with Gasteiger partial charge in [-0.05, 0) is 56.2 Å². The van der Waals surface area contributed by atoms with Gasteiger partial charge in [-0.2, -0.15) is 0 Å². The summed E-state index contributed by atoms with van der Waals surface area (Å²) in [5, 5.41) is -0.380. The van der Waals surface area contributed by atoms with Crippen LogP contribution in [-0.2, 0) is 20.8 Å². The molecular formula is C21H28FNO3S. The summed E-state index contributed by atoms with van der Waals surface area (Å²) in [6, 6.07) is 6.35. The maximum absolute atomic E-state index is 13.3. The topological polar surface area (TPSA) is 54.5 Å². The van der Waals surface area contributed by atoms with E-state index in [0.717, 1.165) is 5.56 Å². The molecule has 1 heterocycles. The molecule has 1 aromatic carbocycles. The third kappa shape index (κ3) is 4.60. The van der Waals surface area contributed by atoms with Crippen LogP contribution in [0, 0.1) is 11.2 Å². The lowest BCUT2D eigenvalue weighted by Gasteiger charge is -2.37. The van der Waals surface area contributed by atoms with Crippen molar-refractivity contribution >= 4 is 29.4 Å². The number of likely N-dealkylation sites (tertiary alicyclic amines) is 1. The van der Waals surface area contributed by atoms with Crippen molar-refractivity contribution in [3.05, 3.63) is 35.6 Å². The molecule has 0 aromatic heterocycles. The highest BCUT2D eigenvalue weighted by molar-refractivity contribution is 7.96. The number of hydrogen-bond donors (Lipinski definition) is 1. The van der Waals surface area contributed by atoms with Gasteiger partial charge in [0.15, 0.2) is 0 Å². The number of carbonyl (C=O) groups excluding carboxylic acids is 3. The first-order valence-corrected chi connectivity index (χ1v) is 9.93. The molecule has 4 nitrogen and oxygen atoms in total. The van der Waals surface area contributed by atoms with Crippen LogP contribution in [0.5, 0.6) is 0 Å². The normalized spacial score (nSPS) is 20.0. The van der Waals surface area contributed by atoms with Gasteiger partial charge >= 0.3 is 0 Å². The maximum atomic E-state index is 13.3. The highest BCUT2D eigenvalue weighted by Gasteiger charge is 2.50. The number of Topliss-reactive ketones (excluding diaryl/α,β-unsaturated/α-hetero) is 1. The number of ketones is 1. The van der Waals surface area contributed by atoms with Crippen molar-refractivity contribution in [3.63, 3.8) is 0 Å². The minimum absolute atomic E-state index is 0.294. The first-order chi connectivity index (χ1) is 12.6. The Bertz CT molecular complexity index is 734. The van der Waals surface area contributed by atoms with Gasteiger partial charge < -0.3 is 4.90 Å². The molecule has 27 heavy (non-hydrogen) atoms. The standard InChI is InChI=1S/C21H28FNO3S/c1-4-20(2,3)17(24)18(25)23-13-7-12-21(23,19(26)27)11-6-9-15-8-5-10-16(22)14-15/h5,8,10,14H,4,6-7,9,11-13H2,1-3H3,(H,26,27)/t21-/m0/s1. The second kappa shape index (κ2) is 8.55. The molecule has 1 atom stereocenters. The Labute approximate surface area is 165 Å². The Morgan fingerprint density at radius 2 is 2.00 bits per heavy atom. The van der Waals surface area contributed by atoms with Gasteiger partial charge in [0, 0.05) is 12.0 Å². The summed E-state index contributed by atoms with van der Waals surface area (Å²) in [7, 11) is 0. The SMILES string of the molecule is CCC(C)(C)C(=O)C(=O)N1CCC[C@@]1(CCCc1cccc(F)c1)C(=O)S. The molecule has 1 amide bonds. The summed E-state index contributed by atoms with van der Waals surface area (Å²) in [4.78, 5) is 39.4. The Morgan fingerprint density at radius 1 is 1.30 bits per heavy atom. The lowest BCUT2D eigenvalue weighted by Crippen LogP contribution is -2.55. The van der Waals surface area contributed by atoms with Crippen LogP contribution < -0.4 is 0 Å². The van der Waals surface area contributed by atoms with Crippen molar-refractivity contribution in [1.82, 2.24) is 4.90 Å². The monoisotopic (exact) mass is 393 g/mol. The fourth-order valence-electron chi connectivity index (χ4n) is 3.61. The predicted molar refractivity (Wildman–Crippen MR) is 106 cm³/mol. The van der Waals surface area contributed by atoms with Crippen LogP contribution in [0.1, 0.15) is 58.4 Å². The third-order valence-electron chi connectivity index (χ3n) is 5.77. The zero-order valence-electron chi connectivity index (χ0n) is 16.3. The van der Waals surface area contributed by atoms with Crippen molar-refractivity contribution in [1.29, 1.82) is 0 Å². The molecule has 0 radical (unpaired) electrons. The van der Waals surface area contributed by atoms with Crippen LogP contribution >= 0.6 is 12.6 Å². The summed E-state index contributed by atoms with van der Waals surface area (Å²) >= 11 is 4.07. The maximum Gasteiger partial charge on any atom is 0.291 e. The van der Waals surface area contributed by atoms with Crippen molar-refractivity contribution < 1.29 is 18.8 Å². The van der Waals surface area contributed by atoms with E-state index in [2.05, 4.69) is 12.6 Å². The zero-order valence-corrected chi connectivity index (χ0v) is 17.2. The van der Waals surface area contributed by atoms with Gasteiger partial charge in [0.05, 0.1) is 0 Å². The molecule has 148 valence electrons. The van der Waals surface area contributed by atoms with E-state index in [1.54, 1.807) is 19.9 Å². The fraction of sp³-hybridized carbons (Fsp3) is 0.571. The molecule has 0 saturated carbocycles. The smallest absolute Gasteiger partial charge is 0.291 e. The molecule has 1 saturated heterocycles. The molecular weight excluding hydrogens is 365 g/mol. The fourth-order valence-corrected chi connectivity index (χ4v) is 3.96. The average molecular weight is 394 g/mol. The van der Waals surface area contributed by atoms with E-state index >= 15 is 0 Å². The molecule has 1 aliphatic rings. The van der Waals surface area contributed by atoms with E-state index in [9.17, 15) is 18.8 Å². The van der Waals surface area contributed by atoms with Gasteiger partial charge in [-0.1, -0.05) is 32.9 Å². The van der Waals surface area contributed by atoms with Gasteiger partial charge in [-0.25, -0.2) is 4.39 Å². The summed E-state index contributed by atoms with van der Waals surface area (Å²) in [6.07, 6.45) is 3.33. The number of benzene rings is 1. The largest absolute Gasteiger partial charge is 0.322 e. The molecule has 0 bridgehead atoms. The Kier molecular flexibility index (Phi) is 6.84. The van der Waals surface area contributed by atoms with E-state index in [0.29, 0.717) is 45.1 Å². The van der Waals surface area contributed by atoms with Gasteiger partial charge in [0.2, 0.25) is 10.9 Å². The van der Waals surface area contributed by atoms with E-state index < -0.39 is 22.6 Å². The molecule has 0 N–H and O–H groups in total. The lowest BCUT2D eigenvalue weighted by molar-refractivity contribution is -0.153. The van der Waals surface area contributed by atoms with Crippen LogP contribution in [0.15, 0.2) is 24.3 Å². The van der Waals surface area contributed by atoms with Gasteiger partial charge in [-0.15, -0.1) is 12.6 Å². The van der Waals surface area contributed by atoms with E-state index in [1.165, 1.54) is 17.0 Å². The van der Waals surface area contributed by atoms with Crippen molar-refractivity contribution in [2.75, 3.05) is 6.54 Å². The van der Waals surface area contributed by atoms with E-state index in [4.69, 9.17) is 0 Å². The first-order valence-electron chi connectivity index (χ1n) is 9.48. The molecule has 0 spiro atoms. The van der Waals surface area contributed by atoms with Crippen LogP contribution in [0.3, 0.4) is 0 Å². The Morgan fingerprint density at radius 3 is 2.59 bits per heavy atom. The highest BCUT2D eigenvalue weighted by atomic mass is 32.1.